The normalized spacial score (nSPS) is 32.2. The molecule has 0 aliphatic carbocycles. The maximum atomic E-state index is 3.35. The number of hydrogen-bond acceptors (Lipinski definition) is 3. The van der Waals surface area contributed by atoms with Crippen LogP contribution in [0.15, 0.2) is 0 Å². The Bertz CT molecular complexity index is 193. The van der Waals surface area contributed by atoms with E-state index in [-0.39, 0.29) is 0 Å². The summed E-state index contributed by atoms with van der Waals surface area (Å²) in [5, 5.41) is 3.35. The molecule has 0 saturated carbocycles. The summed E-state index contributed by atoms with van der Waals surface area (Å²) in [6, 6.07) is 1.91. The third kappa shape index (κ3) is 2.92. The van der Waals surface area contributed by atoms with Gasteiger partial charge < -0.3 is 10.2 Å². The van der Waals surface area contributed by atoms with Crippen LogP contribution in [0, 0.1) is 5.92 Å². The van der Waals surface area contributed by atoms with Crippen molar-refractivity contribution in [3.8, 4) is 0 Å². The summed E-state index contributed by atoms with van der Waals surface area (Å²) in [5.74, 6) is 0.784. The van der Waals surface area contributed by atoms with Crippen molar-refractivity contribution in [1.82, 2.24) is 15.1 Å². The molecule has 1 fully saturated rings. The van der Waals surface area contributed by atoms with Gasteiger partial charge in [-0.3, -0.25) is 4.90 Å². The SMILES string of the molecule is CNC(C)C(C)N1CC(C)C(N(C)C)C1. The molecule has 90 valence electrons. The summed E-state index contributed by atoms with van der Waals surface area (Å²) < 4.78 is 0. The molecule has 3 heteroatoms. The minimum Gasteiger partial charge on any atom is -0.316 e. The van der Waals surface area contributed by atoms with Crippen molar-refractivity contribution in [3.05, 3.63) is 0 Å². The average Bonchev–Trinajstić information content (AvgIpc) is 2.58. The number of hydrogen-bond donors (Lipinski definition) is 1. The molecule has 15 heavy (non-hydrogen) atoms. The number of nitrogens with one attached hydrogen (secondary N) is 1. The van der Waals surface area contributed by atoms with Crippen LogP contribution in [-0.4, -0.2) is 62.2 Å². The maximum Gasteiger partial charge on any atom is 0.0254 e. The first-order valence-corrected chi connectivity index (χ1v) is 6.05. The van der Waals surface area contributed by atoms with Crippen molar-refractivity contribution in [2.75, 3.05) is 34.2 Å². The Hall–Kier alpha value is -0.120. The van der Waals surface area contributed by atoms with E-state index in [0.717, 1.165) is 12.0 Å². The van der Waals surface area contributed by atoms with E-state index in [2.05, 4.69) is 50.0 Å². The van der Waals surface area contributed by atoms with Gasteiger partial charge in [0, 0.05) is 31.2 Å². The summed E-state index contributed by atoms with van der Waals surface area (Å²) in [7, 11) is 6.43. The van der Waals surface area contributed by atoms with Gasteiger partial charge in [-0.2, -0.15) is 0 Å². The van der Waals surface area contributed by atoms with Crippen molar-refractivity contribution in [1.29, 1.82) is 0 Å². The molecule has 1 heterocycles. The standard InChI is InChI=1S/C12H27N3/c1-9-7-15(8-12(9)14(5)6)11(3)10(2)13-4/h9-13H,7-8H2,1-6H3. The molecule has 1 N–H and O–H groups in total. The van der Waals surface area contributed by atoms with Crippen LogP contribution < -0.4 is 5.32 Å². The van der Waals surface area contributed by atoms with E-state index in [0.29, 0.717) is 12.1 Å². The van der Waals surface area contributed by atoms with E-state index in [1.807, 2.05) is 7.05 Å². The highest BCUT2D eigenvalue weighted by Crippen LogP contribution is 2.22. The molecular formula is C12H27N3. The average molecular weight is 213 g/mol. The van der Waals surface area contributed by atoms with Crippen molar-refractivity contribution >= 4 is 0 Å². The molecule has 1 aliphatic heterocycles. The molecule has 4 atom stereocenters. The molecule has 3 nitrogen and oxygen atoms in total. The van der Waals surface area contributed by atoms with Crippen LogP contribution in [0.1, 0.15) is 20.8 Å². The van der Waals surface area contributed by atoms with Crippen LogP contribution in [0.2, 0.25) is 0 Å². The Balaban J connectivity index is 2.54. The number of rotatable bonds is 4. The van der Waals surface area contributed by atoms with Crippen LogP contribution in [-0.2, 0) is 0 Å². The molecule has 0 bridgehead atoms. The third-order valence-corrected chi connectivity index (χ3v) is 4.02. The Morgan fingerprint density at radius 2 is 1.87 bits per heavy atom. The Morgan fingerprint density at radius 3 is 2.27 bits per heavy atom. The largest absolute Gasteiger partial charge is 0.316 e. The quantitative estimate of drug-likeness (QED) is 0.747. The smallest absolute Gasteiger partial charge is 0.0254 e. The van der Waals surface area contributed by atoms with Crippen molar-refractivity contribution in [2.24, 2.45) is 5.92 Å². The highest BCUT2D eigenvalue weighted by molar-refractivity contribution is 4.91. The zero-order chi connectivity index (χ0) is 11.6. The van der Waals surface area contributed by atoms with Gasteiger partial charge in [-0.25, -0.2) is 0 Å². The van der Waals surface area contributed by atoms with Crippen molar-refractivity contribution in [2.45, 2.75) is 38.9 Å². The molecule has 1 saturated heterocycles. The highest BCUT2D eigenvalue weighted by Gasteiger charge is 2.34. The van der Waals surface area contributed by atoms with E-state index in [4.69, 9.17) is 0 Å². The molecule has 0 spiro atoms. The number of likely N-dealkylation sites (tertiary alicyclic amines) is 1. The molecule has 4 unspecified atom stereocenters. The van der Waals surface area contributed by atoms with Crippen LogP contribution in [0.4, 0.5) is 0 Å². The fraction of sp³-hybridized carbons (Fsp3) is 1.00. The first-order chi connectivity index (χ1) is 6.97. The lowest BCUT2D eigenvalue weighted by atomic mass is 10.1. The summed E-state index contributed by atoms with van der Waals surface area (Å²) >= 11 is 0. The minimum atomic E-state index is 0.568. The lowest BCUT2D eigenvalue weighted by Crippen LogP contribution is -2.45. The van der Waals surface area contributed by atoms with Crippen molar-refractivity contribution in [3.63, 3.8) is 0 Å². The van der Waals surface area contributed by atoms with E-state index >= 15 is 0 Å². The third-order valence-electron chi connectivity index (χ3n) is 4.02. The molecular weight excluding hydrogens is 186 g/mol. The molecule has 0 aromatic rings. The number of nitrogens with zero attached hydrogens (tertiary/aromatic N) is 2. The van der Waals surface area contributed by atoms with Crippen molar-refractivity contribution < 1.29 is 0 Å². The predicted molar refractivity (Wildman–Crippen MR) is 66.2 cm³/mol. The second kappa shape index (κ2) is 5.28. The zero-order valence-corrected chi connectivity index (χ0v) is 11.1. The maximum absolute atomic E-state index is 3.35. The lowest BCUT2D eigenvalue weighted by Gasteiger charge is -2.30. The lowest BCUT2D eigenvalue weighted by molar-refractivity contribution is 0.198. The first kappa shape index (κ1) is 12.9. The van der Waals surface area contributed by atoms with Gasteiger partial charge in [0.1, 0.15) is 0 Å². The molecule has 0 amide bonds. The first-order valence-electron chi connectivity index (χ1n) is 6.05. The van der Waals surface area contributed by atoms with Gasteiger partial charge in [-0.15, -0.1) is 0 Å². The predicted octanol–water partition coefficient (Wildman–Crippen LogP) is 0.865. The summed E-state index contributed by atoms with van der Waals surface area (Å²) in [6.45, 7) is 9.39. The second-order valence-corrected chi connectivity index (χ2v) is 5.28. The molecule has 1 aliphatic rings. The minimum absolute atomic E-state index is 0.568. The van der Waals surface area contributed by atoms with E-state index in [1.54, 1.807) is 0 Å². The summed E-state index contributed by atoms with van der Waals surface area (Å²) in [5.41, 5.74) is 0. The van der Waals surface area contributed by atoms with Gasteiger partial charge in [-0.1, -0.05) is 6.92 Å². The Kier molecular flexibility index (Phi) is 4.56. The van der Waals surface area contributed by atoms with E-state index < -0.39 is 0 Å². The van der Waals surface area contributed by atoms with Gasteiger partial charge >= 0.3 is 0 Å². The van der Waals surface area contributed by atoms with Gasteiger partial charge in [-0.05, 0) is 40.9 Å². The monoisotopic (exact) mass is 213 g/mol. The number of likely N-dealkylation sites (N-methyl/N-ethyl adjacent to an activating group) is 2. The van der Waals surface area contributed by atoms with Crippen LogP contribution >= 0.6 is 0 Å². The summed E-state index contributed by atoms with van der Waals surface area (Å²) in [6.07, 6.45) is 0. The molecule has 0 aromatic carbocycles. The second-order valence-electron chi connectivity index (χ2n) is 5.28. The van der Waals surface area contributed by atoms with Crippen LogP contribution in [0.25, 0.3) is 0 Å². The highest BCUT2D eigenvalue weighted by atomic mass is 15.3. The summed E-state index contributed by atoms with van der Waals surface area (Å²) in [4.78, 5) is 4.97. The molecule has 0 radical (unpaired) electrons. The molecule has 1 rings (SSSR count). The fourth-order valence-electron chi connectivity index (χ4n) is 2.55. The van der Waals surface area contributed by atoms with E-state index in [1.165, 1.54) is 13.1 Å². The van der Waals surface area contributed by atoms with E-state index in [9.17, 15) is 0 Å². The van der Waals surface area contributed by atoms with Gasteiger partial charge in [0.2, 0.25) is 0 Å². The molecule has 0 aromatic heterocycles. The topological polar surface area (TPSA) is 18.5 Å². The fourth-order valence-corrected chi connectivity index (χ4v) is 2.55. The van der Waals surface area contributed by atoms with Crippen LogP contribution in [0.3, 0.4) is 0 Å². The van der Waals surface area contributed by atoms with Gasteiger partial charge in [0.25, 0.3) is 0 Å². The Labute approximate surface area is 94.8 Å². The van der Waals surface area contributed by atoms with Gasteiger partial charge in [0.05, 0.1) is 0 Å². The van der Waals surface area contributed by atoms with Crippen LogP contribution in [0.5, 0.6) is 0 Å². The zero-order valence-electron chi connectivity index (χ0n) is 11.1. The Morgan fingerprint density at radius 1 is 1.27 bits per heavy atom. The van der Waals surface area contributed by atoms with Gasteiger partial charge in [0.15, 0.2) is 0 Å².